The standard InChI is InChI=1S/C13H15N3O2S/c1-9(2)16(8-10-4-3-5-19-10)12-7-14-6-11(15-12)13(17)18/h3-7,9H,8H2,1-2H3,(H,17,18). The second-order valence-electron chi connectivity index (χ2n) is 4.37. The van der Waals surface area contributed by atoms with Crippen molar-refractivity contribution >= 4 is 23.1 Å². The Labute approximate surface area is 115 Å². The normalized spacial score (nSPS) is 10.7. The van der Waals surface area contributed by atoms with Crippen LogP contribution in [0.25, 0.3) is 0 Å². The molecule has 2 heterocycles. The Morgan fingerprint density at radius 3 is 2.84 bits per heavy atom. The van der Waals surface area contributed by atoms with Crippen molar-refractivity contribution in [2.45, 2.75) is 26.4 Å². The minimum absolute atomic E-state index is 0.0330. The molecule has 0 aromatic carbocycles. The zero-order valence-electron chi connectivity index (χ0n) is 10.8. The van der Waals surface area contributed by atoms with Crippen LogP contribution in [0.5, 0.6) is 0 Å². The Morgan fingerprint density at radius 1 is 1.47 bits per heavy atom. The summed E-state index contributed by atoms with van der Waals surface area (Å²) >= 11 is 1.67. The molecule has 2 rings (SSSR count). The third-order valence-corrected chi connectivity index (χ3v) is 3.53. The van der Waals surface area contributed by atoms with E-state index in [-0.39, 0.29) is 11.7 Å². The first kappa shape index (κ1) is 13.5. The van der Waals surface area contributed by atoms with Crippen LogP contribution in [0.4, 0.5) is 5.82 Å². The van der Waals surface area contributed by atoms with E-state index in [9.17, 15) is 4.79 Å². The van der Waals surface area contributed by atoms with Crippen LogP contribution in [0.3, 0.4) is 0 Å². The molecule has 100 valence electrons. The zero-order valence-corrected chi connectivity index (χ0v) is 11.6. The highest BCUT2D eigenvalue weighted by Gasteiger charge is 2.15. The summed E-state index contributed by atoms with van der Waals surface area (Å²) in [5.74, 6) is -0.475. The molecule has 0 aliphatic carbocycles. The summed E-state index contributed by atoms with van der Waals surface area (Å²) in [6.45, 7) is 4.79. The van der Waals surface area contributed by atoms with Crippen molar-refractivity contribution in [3.8, 4) is 0 Å². The van der Waals surface area contributed by atoms with Gasteiger partial charge in [-0.2, -0.15) is 0 Å². The SMILES string of the molecule is CC(C)N(Cc1cccs1)c1cncc(C(=O)O)n1. The van der Waals surface area contributed by atoms with Gasteiger partial charge in [0.2, 0.25) is 0 Å². The summed E-state index contributed by atoms with van der Waals surface area (Å²) in [4.78, 5) is 22.3. The average molecular weight is 277 g/mol. The van der Waals surface area contributed by atoms with Crippen LogP contribution < -0.4 is 4.90 Å². The largest absolute Gasteiger partial charge is 0.476 e. The van der Waals surface area contributed by atoms with E-state index in [1.165, 1.54) is 11.1 Å². The minimum Gasteiger partial charge on any atom is -0.476 e. The number of thiophene rings is 1. The lowest BCUT2D eigenvalue weighted by atomic mass is 10.3. The molecule has 0 saturated carbocycles. The molecule has 2 aromatic heterocycles. The van der Waals surface area contributed by atoms with Crippen LogP contribution in [0.1, 0.15) is 29.2 Å². The molecule has 1 N–H and O–H groups in total. The van der Waals surface area contributed by atoms with Gasteiger partial charge in [0.25, 0.3) is 0 Å². The second kappa shape index (κ2) is 5.79. The molecule has 0 unspecified atom stereocenters. The van der Waals surface area contributed by atoms with Gasteiger partial charge in [-0.15, -0.1) is 11.3 Å². The topological polar surface area (TPSA) is 66.3 Å². The first-order valence-electron chi connectivity index (χ1n) is 5.92. The van der Waals surface area contributed by atoms with Gasteiger partial charge in [0.05, 0.1) is 18.9 Å². The molecule has 0 aliphatic rings. The Hall–Kier alpha value is -1.95. The molecule has 0 fully saturated rings. The van der Waals surface area contributed by atoms with Crippen molar-refractivity contribution in [3.63, 3.8) is 0 Å². The highest BCUT2D eigenvalue weighted by Crippen LogP contribution is 2.19. The van der Waals surface area contributed by atoms with Gasteiger partial charge < -0.3 is 10.0 Å². The number of hydrogen-bond donors (Lipinski definition) is 1. The second-order valence-corrected chi connectivity index (χ2v) is 5.40. The lowest BCUT2D eigenvalue weighted by molar-refractivity contribution is 0.0690. The van der Waals surface area contributed by atoms with Crippen molar-refractivity contribution < 1.29 is 9.90 Å². The predicted octanol–water partition coefficient (Wildman–Crippen LogP) is 2.65. The molecule has 5 nitrogen and oxygen atoms in total. The van der Waals surface area contributed by atoms with Gasteiger partial charge in [0.15, 0.2) is 5.69 Å². The Balaban J connectivity index is 2.28. The van der Waals surface area contributed by atoms with E-state index in [1.807, 2.05) is 30.2 Å². The van der Waals surface area contributed by atoms with Gasteiger partial charge in [0.1, 0.15) is 5.82 Å². The van der Waals surface area contributed by atoms with Crippen LogP contribution in [0.2, 0.25) is 0 Å². The Morgan fingerprint density at radius 2 is 2.26 bits per heavy atom. The monoisotopic (exact) mass is 277 g/mol. The van der Waals surface area contributed by atoms with Crippen molar-refractivity contribution in [3.05, 3.63) is 40.5 Å². The number of carbonyl (C=O) groups is 1. The van der Waals surface area contributed by atoms with Gasteiger partial charge in [-0.3, -0.25) is 4.98 Å². The van der Waals surface area contributed by atoms with Crippen molar-refractivity contribution in [2.75, 3.05) is 4.90 Å². The molecule has 0 radical (unpaired) electrons. The zero-order chi connectivity index (χ0) is 13.8. The molecule has 6 heteroatoms. The smallest absolute Gasteiger partial charge is 0.356 e. The molecule has 0 saturated heterocycles. The number of hydrogen-bond acceptors (Lipinski definition) is 5. The molecule has 0 bridgehead atoms. The number of aromatic carboxylic acids is 1. The van der Waals surface area contributed by atoms with Crippen LogP contribution in [-0.2, 0) is 6.54 Å². The van der Waals surface area contributed by atoms with Crippen LogP contribution in [0, 0.1) is 0 Å². The summed E-state index contributed by atoms with van der Waals surface area (Å²) < 4.78 is 0. The molecule has 0 atom stereocenters. The number of aromatic nitrogens is 2. The van der Waals surface area contributed by atoms with Crippen molar-refractivity contribution in [1.29, 1.82) is 0 Å². The maximum absolute atomic E-state index is 10.9. The average Bonchev–Trinajstić information content (AvgIpc) is 2.88. The number of carboxylic acids is 1. The number of rotatable bonds is 5. The highest BCUT2D eigenvalue weighted by molar-refractivity contribution is 7.09. The summed E-state index contributed by atoms with van der Waals surface area (Å²) in [7, 11) is 0. The molecule has 0 aliphatic heterocycles. The number of nitrogens with zero attached hydrogens (tertiary/aromatic N) is 3. The maximum Gasteiger partial charge on any atom is 0.356 e. The lowest BCUT2D eigenvalue weighted by Gasteiger charge is -2.27. The number of carboxylic acid groups (broad SMARTS) is 1. The summed E-state index contributed by atoms with van der Waals surface area (Å²) in [6, 6.07) is 4.26. The molecular formula is C13H15N3O2S. The Bertz CT molecular complexity index is 555. The van der Waals surface area contributed by atoms with E-state index in [0.717, 1.165) is 0 Å². The van der Waals surface area contributed by atoms with E-state index < -0.39 is 5.97 Å². The van der Waals surface area contributed by atoms with E-state index in [2.05, 4.69) is 16.0 Å². The van der Waals surface area contributed by atoms with Crippen LogP contribution >= 0.6 is 11.3 Å². The summed E-state index contributed by atoms with van der Waals surface area (Å²) in [5, 5.41) is 11.0. The molecule has 2 aromatic rings. The fourth-order valence-electron chi connectivity index (χ4n) is 1.70. The van der Waals surface area contributed by atoms with Crippen molar-refractivity contribution in [2.24, 2.45) is 0 Å². The van der Waals surface area contributed by atoms with Gasteiger partial charge in [0, 0.05) is 10.9 Å². The summed E-state index contributed by atoms with van der Waals surface area (Å²) in [6.07, 6.45) is 2.86. The third kappa shape index (κ3) is 3.29. The minimum atomic E-state index is -1.06. The van der Waals surface area contributed by atoms with E-state index in [1.54, 1.807) is 17.5 Å². The van der Waals surface area contributed by atoms with E-state index in [0.29, 0.717) is 12.4 Å². The van der Waals surface area contributed by atoms with Gasteiger partial charge >= 0.3 is 5.97 Å². The van der Waals surface area contributed by atoms with Crippen molar-refractivity contribution in [1.82, 2.24) is 9.97 Å². The van der Waals surface area contributed by atoms with Gasteiger partial charge in [-0.05, 0) is 25.3 Å². The fourth-order valence-corrected chi connectivity index (χ4v) is 2.40. The first-order valence-corrected chi connectivity index (χ1v) is 6.80. The highest BCUT2D eigenvalue weighted by atomic mass is 32.1. The number of anilines is 1. The lowest BCUT2D eigenvalue weighted by Crippen LogP contribution is -2.31. The summed E-state index contributed by atoms with van der Waals surface area (Å²) in [5.41, 5.74) is -0.0330. The third-order valence-electron chi connectivity index (χ3n) is 2.66. The fraction of sp³-hybridized carbons (Fsp3) is 0.308. The Kier molecular flexibility index (Phi) is 4.11. The molecule has 0 amide bonds. The molecule has 0 spiro atoms. The van der Waals surface area contributed by atoms with E-state index >= 15 is 0 Å². The quantitative estimate of drug-likeness (QED) is 0.910. The van der Waals surface area contributed by atoms with Gasteiger partial charge in [-0.25, -0.2) is 9.78 Å². The van der Waals surface area contributed by atoms with E-state index in [4.69, 9.17) is 5.11 Å². The first-order chi connectivity index (χ1) is 9.08. The molecular weight excluding hydrogens is 262 g/mol. The van der Waals surface area contributed by atoms with Crippen LogP contribution in [0.15, 0.2) is 29.9 Å². The molecule has 19 heavy (non-hydrogen) atoms. The van der Waals surface area contributed by atoms with Crippen LogP contribution in [-0.4, -0.2) is 27.1 Å². The van der Waals surface area contributed by atoms with Gasteiger partial charge in [-0.1, -0.05) is 6.07 Å². The maximum atomic E-state index is 10.9. The predicted molar refractivity (Wildman–Crippen MR) is 74.6 cm³/mol.